The van der Waals surface area contributed by atoms with Crippen LogP contribution in [-0.2, 0) is 16.0 Å². The fourth-order valence-electron chi connectivity index (χ4n) is 3.17. The minimum atomic E-state index is 0. The number of methoxy groups -OCH3 is 3. The fraction of sp³-hybridized carbons (Fsp3) is 0.667. The Morgan fingerprint density at radius 3 is 2.33 bits per heavy atom. The average Bonchev–Trinajstić information content (AvgIpc) is 2.78. The normalized spacial score (nSPS) is 14.6. The van der Waals surface area contributed by atoms with E-state index in [4.69, 9.17) is 23.7 Å². The molecule has 1 heterocycles. The van der Waals surface area contributed by atoms with Gasteiger partial charge in [-0.2, -0.15) is 0 Å². The predicted octanol–water partition coefficient (Wildman–Crippen LogP) is 2.83. The maximum atomic E-state index is 5.80. The van der Waals surface area contributed by atoms with Crippen LogP contribution in [-0.4, -0.2) is 67.3 Å². The molecule has 0 bridgehead atoms. The molecule has 1 aliphatic rings. The highest BCUT2D eigenvalue weighted by Gasteiger charge is 2.14. The first-order chi connectivity index (χ1) is 14.2. The van der Waals surface area contributed by atoms with Crippen molar-refractivity contribution in [3.63, 3.8) is 0 Å². The van der Waals surface area contributed by atoms with Crippen molar-refractivity contribution in [2.45, 2.75) is 25.8 Å². The zero-order valence-corrected chi connectivity index (χ0v) is 20.8. The molecule has 0 unspecified atom stereocenters. The first-order valence-corrected chi connectivity index (χ1v) is 10.1. The fourth-order valence-corrected chi connectivity index (χ4v) is 3.17. The van der Waals surface area contributed by atoms with Crippen molar-refractivity contribution >= 4 is 29.9 Å². The highest BCUT2D eigenvalue weighted by molar-refractivity contribution is 14.0. The molecule has 0 atom stereocenters. The summed E-state index contributed by atoms with van der Waals surface area (Å²) in [4.78, 5) is 4.27. The van der Waals surface area contributed by atoms with E-state index in [-0.39, 0.29) is 24.0 Å². The molecule has 1 saturated heterocycles. The summed E-state index contributed by atoms with van der Waals surface area (Å²) in [7, 11) is 6.61. The molecule has 2 rings (SSSR count). The van der Waals surface area contributed by atoms with E-state index < -0.39 is 0 Å². The molecule has 2 N–H and O–H groups in total. The van der Waals surface area contributed by atoms with E-state index in [1.807, 2.05) is 12.1 Å². The standard InChI is InChI=1S/C21H35N3O5.HI/c1-22-21(23-8-5-9-29-15-16-6-10-28-11-7-16)24-14-17-12-19(26-3)20(27-4)13-18(17)25-2;/h12-13,16H,5-11,14-15H2,1-4H3,(H2,22,23,24);1H. The summed E-state index contributed by atoms with van der Waals surface area (Å²) in [6, 6.07) is 3.73. The van der Waals surface area contributed by atoms with E-state index in [9.17, 15) is 0 Å². The number of hydrogen-bond donors (Lipinski definition) is 2. The maximum absolute atomic E-state index is 5.80. The van der Waals surface area contributed by atoms with Gasteiger partial charge in [0, 0.05) is 58.2 Å². The number of rotatable bonds is 11. The van der Waals surface area contributed by atoms with Crippen LogP contribution >= 0.6 is 24.0 Å². The van der Waals surface area contributed by atoms with Gasteiger partial charge in [-0.15, -0.1) is 24.0 Å². The van der Waals surface area contributed by atoms with E-state index in [1.165, 1.54) is 0 Å². The Morgan fingerprint density at radius 1 is 1.03 bits per heavy atom. The molecular formula is C21H36IN3O5. The highest BCUT2D eigenvalue weighted by Crippen LogP contribution is 2.34. The van der Waals surface area contributed by atoms with E-state index in [0.717, 1.165) is 69.5 Å². The van der Waals surface area contributed by atoms with Gasteiger partial charge in [-0.3, -0.25) is 4.99 Å². The summed E-state index contributed by atoms with van der Waals surface area (Å²) >= 11 is 0. The number of halogens is 1. The predicted molar refractivity (Wildman–Crippen MR) is 129 cm³/mol. The van der Waals surface area contributed by atoms with E-state index >= 15 is 0 Å². The van der Waals surface area contributed by atoms with Crippen LogP contribution in [0.4, 0.5) is 0 Å². The lowest BCUT2D eigenvalue weighted by molar-refractivity contribution is 0.0203. The zero-order valence-electron chi connectivity index (χ0n) is 18.5. The van der Waals surface area contributed by atoms with Crippen LogP contribution in [0.3, 0.4) is 0 Å². The summed E-state index contributed by atoms with van der Waals surface area (Å²) in [5.41, 5.74) is 0.952. The van der Waals surface area contributed by atoms with Crippen molar-refractivity contribution in [2.75, 3.05) is 61.3 Å². The molecular weight excluding hydrogens is 501 g/mol. The quantitative estimate of drug-likeness (QED) is 0.195. The van der Waals surface area contributed by atoms with Crippen molar-refractivity contribution in [3.8, 4) is 17.2 Å². The second kappa shape index (κ2) is 15.4. The SMILES string of the molecule is CN=C(NCCCOCC1CCOCC1)NCc1cc(OC)c(OC)cc1OC.I. The molecule has 30 heavy (non-hydrogen) atoms. The summed E-state index contributed by atoms with van der Waals surface area (Å²) in [5.74, 6) is 3.40. The minimum Gasteiger partial charge on any atom is -0.496 e. The molecule has 0 aromatic heterocycles. The molecule has 0 spiro atoms. The number of guanidine groups is 1. The Kier molecular flexibility index (Phi) is 13.6. The van der Waals surface area contributed by atoms with E-state index in [2.05, 4.69) is 15.6 Å². The minimum absolute atomic E-state index is 0. The third-order valence-electron chi connectivity index (χ3n) is 4.91. The van der Waals surface area contributed by atoms with Crippen LogP contribution in [0.1, 0.15) is 24.8 Å². The molecule has 172 valence electrons. The first kappa shape index (κ1) is 26.6. The maximum Gasteiger partial charge on any atom is 0.191 e. The smallest absolute Gasteiger partial charge is 0.191 e. The third kappa shape index (κ3) is 8.73. The summed E-state index contributed by atoms with van der Waals surface area (Å²) in [6.45, 7) is 4.63. The topological polar surface area (TPSA) is 82.6 Å². The summed E-state index contributed by atoms with van der Waals surface area (Å²) in [5, 5.41) is 6.61. The Hall–Kier alpha value is -1.46. The Morgan fingerprint density at radius 2 is 1.70 bits per heavy atom. The molecule has 0 saturated carbocycles. The van der Waals surface area contributed by atoms with Gasteiger partial charge in [-0.1, -0.05) is 0 Å². The summed E-state index contributed by atoms with van der Waals surface area (Å²) < 4.78 is 27.3. The second-order valence-electron chi connectivity index (χ2n) is 6.86. The monoisotopic (exact) mass is 537 g/mol. The molecule has 1 fully saturated rings. The van der Waals surface area contributed by atoms with Gasteiger partial charge in [0.15, 0.2) is 17.5 Å². The Labute approximate surface area is 197 Å². The molecule has 1 aromatic rings. The second-order valence-corrected chi connectivity index (χ2v) is 6.86. The van der Waals surface area contributed by atoms with Gasteiger partial charge in [0.2, 0.25) is 0 Å². The molecule has 1 aliphatic heterocycles. The van der Waals surface area contributed by atoms with Crippen LogP contribution in [0.2, 0.25) is 0 Å². The van der Waals surface area contributed by atoms with Crippen molar-refractivity contribution in [1.29, 1.82) is 0 Å². The van der Waals surface area contributed by atoms with Crippen LogP contribution in [0.5, 0.6) is 17.2 Å². The molecule has 0 radical (unpaired) electrons. The molecule has 9 heteroatoms. The number of hydrogen-bond acceptors (Lipinski definition) is 6. The first-order valence-electron chi connectivity index (χ1n) is 10.1. The van der Waals surface area contributed by atoms with Gasteiger partial charge in [-0.05, 0) is 31.2 Å². The lowest BCUT2D eigenvalue weighted by Crippen LogP contribution is -2.37. The zero-order chi connectivity index (χ0) is 20.9. The van der Waals surface area contributed by atoms with Crippen molar-refractivity contribution in [2.24, 2.45) is 10.9 Å². The lowest BCUT2D eigenvalue weighted by Gasteiger charge is -2.21. The third-order valence-corrected chi connectivity index (χ3v) is 4.91. The van der Waals surface area contributed by atoms with E-state index in [1.54, 1.807) is 28.4 Å². The van der Waals surface area contributed by atoms with Crippen LogP contribution in [0.25, 0.3) is 0 Å². The molecule has 0 amide bonds. The molecule has 0 aliphatic carbocycles. The van der Waals surface area contributed by atoms with Crippen LogP contribution in [0.15, 0.2) is 17.1 Å². The van der Waals surface area contributed by atoms with Crippen molar-refractivity contribution in [1.82, 2.24) is 10.6 Å². The number of nitrogens with one attached hydrogen (secondary N) is 2. The van der Waals surface area contributed by atoms with E-state index in [0.29, 0.717) is 24.0 Å². The van der Waals surface area contributed by atoms with Gasteiger partial charge < -0.3 is 34.3 Å². The number of nitrogens with zero attached hydrogens (tertiary/aromatic N) is 1. The largest absolute Gasteiger partial charge is 0.496 e. The van der Waals surface area contributed by atoms with Crippen molar-refractivity contribution in [3.05, 3.63) is 17.7 Å². The van der Waals surface area contributed by atoms with Gasteiger partial charge in [-0.25, -0.2) is 0 Å². The highest BCUT2D eigenvalue weighted by atomic mass is 127. The molecule has 8 nitrogen and oxygen atoms in total. The Bertz CT molecular complexity index is 639. The number of benzene rings is 1. The van der Waals surface area contributed by atoms with Gasteiger partial charge in [0.1, 0.15) is 5.75 Å². The Balaban J connectivity index is 0.00000450. The number of ether oxygens (including phenoxy) is 5. The summed E-state index contributed by atoms with van der Waals surface area (Å²) in [6.07, 6.45) is 3.13. The average molecular weight is 537 g/mol. The van der Waals surface area contributed by atoms with Gasteiger partial charge >= 0.3 is 0 Å². The van der Waals surface area contributed by atoms with Crippen LogP contribution in [0, 0.1) is 5.92 Å². The number of aliphatic imine (C=N–C) groups is 1. The van der Waals surface area contributed by atoms with Gasteiger partial charge in [0.25, 0.3) is 0 Å². The van der Waals surface area contributed by atoms with Crippen molar-refractivity contribution < 1.29 is 23.7 Å². The van der Waals surface area contributed by atoms with Crippen LogP contribution < -0.4 is 24.8 Å². The molecule has 1 aromatic carbocycles. The lowest BCUT2D eigenvalue weighted by atomic mass is 10.0. The van der Waals surface area contributed by atoms with Gasteiger partial charge in [0.05, 0.1) is 21.3 Å².